The lowest BCUT2D eigenvalue weighted by Crippen LogP contribution is -2.47. The molecule has 0 radical (unpaired) electrons. The number of nitro groups is 1. The van der Waals surface area contributed by atoms with Gasteiger partial charge in [-0.3, -0.25) is 19.7 Å². The molecule has 1 fully saturated rings. The van der Waals surface area contributed by atoms with E-state index in [0.717, 1.165) is 25.3 Å². The van der Waals surface area contributed by atoms with Crippen molar-refractivity contribution in [1.82, 2.24) is 4.90 Å². The van der Waals surface area contributed by atoms with Gasteiger partial charge >= 0.3 is 11.8 Å². The van der Waals surface area contributed by atoms with E-state index in [-0.39, 0.29) is 22.4 Å². The Morgan fingerprint density at radius 3 is 2.77 bits per heavy atom. The Morgan fingerprint density at radius 2 is 2.14 bits per heavy atom. The normalized spacial score (nSPS) is 17.9. The van der Waals surface area contributed by atoms with Crippen LogP contribution in [-0.4, -0.2) is 34.2 Å². The van der Waals surface area contributed by atoms with Crippen molar-refractivity contribution in [3.63, 3.8) is 0 Å². The van der Waals surface area contributed by atoms with Crippen molar-refractivity contribution in [2.45, 2.75) is 32.2 Å². The Hall–Kier alpha value is -2.15. The lowest BCUT2D eigenvalue weighted by atomic mass is 10.0. The van der Waals surface area contributed by atoms with E-state index in [2.05, 4.69) is 5.32 Å². The monoisotopic (exact) mass is 325 g/mol. The summed E-state index contributed by atoms with van der Waals surface area (Å²) in [5.74, 6) is -1.48. The average Bonchev–Trinajstić information content (AvgIpc) is 2.49. The van der Waals surface area contributed by atoms with Crippen LogP contribution in [0.15, 0.2) is 18.2 Å². The maximum absolute atomic E-state index is 12.2. The summed E-state index contributed by atoms with van der Waals surface area (Å²) >= 11 is 5.90. The van der Waals surface area contributed by atoms with Gasteiger partial charge in [0.1, 0.15) is 0 Å². The first-order valence-electron chi connectivity index (χ1n) is 6.96. The maximum atomic E-state index is 12.2. The van der Waals surface area contributed by atoms with Gasteiger partial charge in [-0.1, -0.05) is 11.6 Å². The number of nitro benzene ring substituents is 1. The maximum Gasteiger partial charge on any atom is 0.313 e. The zero-order chi connectivity index (χ0) is 16.3. The van der Waals surface area contributed by atoms with Crippen molar-refractivity contribution in [1.29, 1.82) is 0 Å². The van der Waals surface area contributed by atoms with E-state index in [1.165, 1.54) is 17.0 Å². The highest BCUT2D eigenvalue weighted by Crippen LogP contribution is 2.27. The summed E-state index contributed by atoms with van der Waals surface area (Å²) in [6, 6.07) is 3.68. The third kappa shape index (κ3) is 3.54. The van der Waals surface area contributed by atoms with Crippen molar-refractivity contribution in [3.8, 4) is 0 Å². The molecular weight excluding hydrogens is 310 g/mol. The number of benzene rings is 1. The van der Waals surface area contributed by atoms with E-state index in [1.54, 1.807) is 0 Å². The van der Waals surface area contributed by atoms with Gasteiger partial charge in [-0.2, -0.15) is 0 Å². The van der Waals surface area contributed by atoms with Crippen LogP contribution in [0.25, 0.3) is 0 Å². The largest absolute Gasteiger partial charge is 0.332 e. The molecule has 1 aliphatic rings. The summed E-state index contributed by atoms with van der Waals surface area (Å²) in [7, 11) is 0. The molecule has 0 saturated carbocycles. The molecule has 0 aliphatic carbocycles. The molecule has 1 N–H and O–H groups in total. The first-order valence-corrected chi connectivity index (χ1v) is 7.34. The highest BCUT2D eigenvalue weighted by atomic mass is 35.5. The molecule has 7 nitrogen and oxygen atoms in total. The van der Waals surface area contributed by atoms with Crippen LogP contribution in [0, 0.1) is 10.1 Å². The van der Waals surface area contributed by atoms with E-state index < -0.39 is 16.7 Å². The molecule has 1 unspecified atom stereocenters. The molecule has 2 amide bonds. The molecular formula is C14H16ClN3O4. The van der Waals surface area contributed by atoms with Crippen LogP contribution in [0.2, 0.25) is 5.02 Å². The summed E-state index contributed by atoms with van der Waals surface area (Å²) in [4.78, 5) is 35.9. The van der Waals surface area contributed by atoms with Crippen LogP contribution in [0.3, 0.4) is 0 Å². The zero-order valence-corrected chi connectivity index (χ0v) is 12.8. The Labute approximate surface area is 132 Å². The molecule has 0 bridgehead atoms. The Balaban J connectivity index is 2.12. The standard InChI is InChI=1S/C14H16ClN3O4/c1-9-4-2-3-7-17(9)14(20)13(19)16-12-8-10(18(21)22)5-6-11(12)15/h5-6,8-9H,2-4,7H2,1H3,(H,16,19). The zero-order valence-electron chi connectivity index (χ0n) is 12.0. The molecule has 2 rings (SSSR count). The number of likely N-dealkylation sites (tertiary alicyclic amines) is 1. The van der Waals surface area contributed by atoms with E-state index in [9.17, 15) is 19.7 Å². The SMILES string of the molecule is CC1CCCCN1C(=O)C(=O)Nc1cc([N+](=O)[O-])ccc1Cl. The summed E-state index contributed by atoms with van der Waals surface area (Å²) in [6.45, 7) is 2.43. The number of carbonyl (C=O) groups is 2. The minimum absolute atomic E-state index is 0.00702. The third-order valence-corrected chi connectivity index (χ3v) is 4.00. The van der Waals surface area contributed by atoms with Crippen LogP contribution in [0.5, 0.6) is 0 Å². The predicted molar refractivity (Wildman–Crippen MR) is 81.8 cm³/mol. The molecule has 1 atom stereocenters. The van der Waals surface area contributed by atoms with Gasteiger partial charge in [0.15, 0.2) is 0 Å². The average molecular weight is 326 g/mol. The van der Waals surface area contributed by atoms with Gasteiger partial charge in [-0.15, -0.1) is 0 Å². The number of nitrogens with zero attached hydrogens (tertiary/aromatic N) is 2. The molecule has 0 spiro atoms. The van der Waals surface area contributed by atoms with Gasteiger partial charge in [0, 0.05) is 24.7 Å². The lowest BCUT2D eigenvalue weighted by Gasteiger charge is -2.32. The molecule has 1 aromatic carbocycles. The molecule has 1 saturated heterocycles. The van der Waals surface area contributed by atoms with Crippen molar-refractivity contribution in [2.75, 3.05) is 11.9 Å². The molecule has 1 aliphatic heterocycles. The highest BCUT2D eigenvalue weighted by Gasteiger charge is 2.28. The molecule has 8 heteroatoms. The van der Waals surface area contributed by atoms with Gasteiger partial charge < -0.3 is 10.2 Å². The number of hydrogen-bond acceptors (Lipinski definition) is 4. The number of halogens is 1. The fourth-order valence-electron chi connectivity index (χ4n) is 2.43. The number of anilines is 1. The molecule has 1 aromatic rings. The van der Waals surface area contributed by atoms with Gasteiger partial charge in [-0.05, 0) is 32.3 Å². The van der Waals surface area contributed by atoms with Crippen LogP contribution in [-0.2, 0) is 9.59 Å². The molecule has 118 valence electrons. The number of piperidine rings is 1. The van der Waals surface area contributed by atoms with E-state index in [1.807, 2.05) is 6.92 Å². The second-order valence-corrected chi connectivity index (χ2v) is 5.63. The minimum Gasteiger partial charge on any atom is -0.332 e. The number of amides is 2. The van der Waals surface area contributed by atoms with Crippen molar-refractivity contribution in [2.24, 2.45) is 0 Å². The summed E-state index contributed by atoms with van der Waals surface area (Å²) < 4.78 is 0. The van der Waals surface area contributed by atoms with Crippen LogP contribution < -0.4 is 5.32 Å². The Kier molecular flexibility index (Phi) is 4.97. The second kappa shape index (κ2) is 6.74. The van der Waals surface area contributed by atoms with Crippen molar-refractivity contribution < 1.29 is 14.5 Å². The number of carbonyl (C=O) groups excluding carboxylic acids is 2. The summed E-state index contributed by atoms with van der Waals surface area (Å²) in [5.41, 5.74) is -0.155. The van der Waals surface area contributed by atoms with Crippen LogP contribution in [0.1, 0.15) is 26.2 Å². The molecule has 22 heavy (non-hydrogen) atoms. The third-order valence-electron chi connectivity index (χ3n) is 3.67. The predicted octanol–water partition coefficient (Wildman–Crippen LogP) is 2.59. The first-order chi connectivity index (χ1) is 10.4. The molecule has 0 aromatic heterocycles. The topological polar surface area (TPSA) is 92.6 Å². The number of nitrogens with one attached hydrogen (secondary N) is 1. The van der Waals surface area contributed by atoms with Crippen LogP contribution >= 0.6 is 11.6 Å². The van der Waals surface area contributed by atoms with Gasteiger partial charge in [0.05, 0.1) is 15.6 Å². The fourth-order valence-corrected chi connectivity index (χ4v) is 2.59. The van der Waals surface area contributed by atoms with Crippen molar-refractivity contribution >= 4 is 34.8 Å². The Morgan fingerprint density at radius 1 is 1.41 bits per heavy atom. The Bertz CT molecular complexity index is 620. The minimum atomic E-state index is -0.837. The van der Waals surface area contributed by atoms with Crippen LogP contribution in [0.4, 0.5) is 11.4 Å². The van der Waals surface area contributed by atoms with Crippen molar-refractivity contribution in [3.05, 3.63) is 33.3 Å². The smallest absolute Gasteiger partial charge is 0.313 e. The summed E-state index contributed by atoms with van der Waals surface area (Å²) in [5, 5.41) is 13.2. The summed E-state index contributed by atoms with van der Waals surface area (Å²) in [6.07, 6.45) is 2.75. The first kappa shape index (κ1) is 16.2. The number of rotatable bonds is 2. The van der Waals surface area contributed by atoms with Gasteiger partial charge in [0.25, 0.3) is 5.69 Å². The van der Waals surface area contributed by atoms with E-state index in [0.29, 0.717) is 6.54 Å². The van der Waals surface area contributed by atoms with Gasteiger partial charge in [-0.25, -0.2) is 0 Å². The second-order valence-electron chi connectivity index (χ2n) is 5.22. The molecule has 1 heterocycles. The number of non-ortho nitro benzene ring substituents is 1. The lowest BCUT2D eigenvalue weighted by molar-refractivity contribution is -0.384. The number of hydrogen-bond donors (Lipinski definition) is 1. The fraction of sp³-hybridized carbons (Fsp3) is 0.429. The van der Waals surface area contributed by atoms with E-state index >= 15 is 0 Å². The van der Waals surface area contributed by atoms with Gasteiger partial charge in [0.2, 0.25) is 0 Å². The van der Waals surface area contributed by atoms with E-state index in [4.69, 9.17) is 11.6 Å². The highest BCUT2D eigenvalue weighted by molar-refractivity contribution is 6.41. The quantitative estimate of drug-likeness (QED) is 0.514.